The van der Waals surface area contributed by atoms with Gasteiger partial charge in [0.25, 0.3) is 0 Å². The molecule has 2 atom stereocenters. The predicted octanol–water partition coefficient (Wildman–Crippen LogP) is 0.0745. The molecule has 8 heteroatoms. The first-order valence-electron chi connectivity index (χ1n) is 7.43. The van der Waals surface area contributed by atoms with Gasteiger partial charge >= 0.3 is 17.9 Å². The Kier molecular flexibility index (Phi) is 7.87. The standard InChI is InChI=1S/C16H22N2O6/c1-23-14(19)9-11(6-7-17)16(22)24-12-4-2-10(3-5-12)8-13(18)15(20)21/h2-5,11,13H,6-9,17-18H2,1H3,(H,20,21)/t11?,13-/m0/s1. The van der Waals surface area contributed by atoms with E-state index >= 15 is 0 Å². The van der Waals surface area contributed by atoms with E-state index in [-0.39, 0.29) is 19.4 Å². The monoisotopic (exact) mass is 338 g/mol. The Morgan fingerprint density at radius 1 is 1.21 bits per heavy atom. The van der Waals surface area contributed by atoms with Crippen molar-refractivity contribution in [3.05, 3.63) is 29.8 Å². The zero-order valence-corrected chi connectivity index (χ0v) is 13.4. The van der Waals surface area contributed by atoms with E-state index in [0.717, 1.165) is 0 Å². The molecule has 0 aromatic heterocycles. The third-order valence-corrected chi connectivity index (χ3v) is 3.40. The largest absolute Gasteiger partial charge is 0.480 e. The lowest BCUT2D eigenvalue weighted by atomic mass is 10.0. The van der Waals surface area contributed by atoms with Crippen LogP contribution < -0.4 is 16.2 Å². The number of aliphatic carboxylic acids is 1. The van der Waals surface area contributed by atoms with Crippen LogP contribution in [0.5, 0.6) is 5.75 Å². The minimum atomic E-state index is -1.09. The molecule has 0 radical (unpaired) electrons. The maximum Gasteiger partial charge on any atom is 0.320 e. The van der Waals surface area contributed by atoms with E-state index in [1.165, 1.54) is 7.11 Å². The highest BCUT2D eigenvalue weighted by molar-refractivity contribution is 5.81. The Morgan fingerprint density at radius 3 is 2.33 bits per heavy atom. The first kappa shape index (κ1) is 19.6. The third-order valence-electron chi connectivity index (χ3n) is 3.40. The summed E-state index contributed by atoms with van der Waals surface area (Å²) in [5.74, 6) is -2.55. The molecule has 1 rings (SSSR count). The topological polar surface area (TPSA) is 142 Å². The van der Waals surface area contributed by atoms with Gasteiger partial charge in [-0.3, -0.25) is 14.4 Å². The van der Waals surface area contributed by atoms with Crippen LogP contribution >= 0.6 is 0 Å². The van der Waals surface area contributed by atoms with Gasteiger partial charge in [0.05, 0.1) is 19.4 Å². The summed E-state index contributed by atoms with van der Waals surface area (Å²) in [6, 6.07) is 5.35. The molecule has 0 aliphatic rings. The molecule has 0 aliphatic carbocycles. The maximum absolute atomic E-state index is 12.1. The van der Waals surface area contributed by atoms with Crippen LogP contribution in [0.25, 0.3) is 0 Å². The number of methoxy groups -OCH3 is 1. The van der Waals surface area contributed by atoms with Crippen molar-refractivity contribution in [3.63, 3.8) is 0 Å². The molecule has 0 spiro atoms. The molecule has 0 bridgehead atoms. The van der Waals surface area contributed by atoms with E-state index in [4.69, 9.17) is 21.3 Å². The van der Waals surface area contributed by atoms with Gasteiger partial charge in [-0.25, -0.2) is 0 Å². The summed E-state index contributed by atoms with van der Waals surface area (Å²) in [5, 5.41) is 8.78. The number of rotatable bonds is 9. The molecular weight excluding hydrogens is 316 g/mol. The Bertz CT molecular complexity index is 572. The average molecular weight is 338 g/mol. The molecule has 0 saturated heterocycles. The number of esters is 2. The second kappa shape index (κ2) is 9.64. The first-order chi connectivity index (χ1) is 11.4. The van der Waals surface area contributed by atoms with Crippen LogP contribution in [0.4, 0.5) is 0 Å². The molecular formula is C16H22N2O6. The number of carbonyl (C=O) groups is 3. The lowest BCUT2D eigenvalue weighted by Crippen LogP contribution is -2.32. The zero-order valence-electron chi connectivity index (χ0n) is 13.4. The Balaban J connectivity index is 2.68. The minimum Gasteiger partial charge on any atom is -0.480 e. The van der Waals surface area contributed by atoms with Gasteiger partial charge in [0.2, 0.25) is 0 Å². The minimum absolute atomic E-state index is 0.0991. The summed E-state index contributed by atoms with van der Waals surface area (Å²) in [6.07, 6.45) is 0.374. The van der Waals surface area contributed by atoms with Crippen molar-refractivity contribution in [2.24, 2.45) is 17.4 Å². The number of nitrogens with two attached hydrogens (primary N) is 2. The first-order valence-corrected chi connectivity index (χ1v) is 7.43. The number of carboxylic acids is 1. The molecule has 1 aromatic carbocycles. The summed E-state index contributed by atoms with van der Waals surface area (Å²) in [7, 11) is 1.24. The fourth-order valence-electron chi connectivity index (χ4n) is 2.02. The highest BCUT2D eigenvalue weighted by Crippen LogP contribution is 2.18. The molecule has 8 nitrogen and oxygen atoms in total. The quantitative estimate of drug-likeness (QED) is 0.424. The van der Waals surface area contributed by atoms with E-state index in [1.54, 1.807) is 24.3 Å². The Morgan fingerprint density at radius 2 is 1.83 bits per heavy atom. The van der Waals surface area contributed by atoms with E-state index in [0.29, 0.717) is 17.7 Å². The van der Waals surface area contributed by atoms with Crippen molar-refractivity contribution in [2.45, 2.75) is 25.3 Å². The number of benzene rings is 1. The van der Waals surface area contributed by atoms with Crippen LogP contribution in [0.1, 0.15) is 18.4 Å². The van der Waals surface area contributed by atoms with Crippen molar-refractivity contribution >= 4 is 17.9 Å². The van der Waals surface area contributed by atoms with Gasteiger partial charge in [-0.05, 0) is 37.1 Å². The van der Waals surface area contributed by atoms with Crippen LogP contribution in [0, 0.1) is 5.92 Å². The molecule has 0 saturated carbocycles. The maximum atomic E-state index is 12.1. The summed E-state index contributed by atoms with van der Waals surface area (Å²) in [4.78, 5) is 34.2. The van der Waals surface area contributed by atoms with Crippen molar-refractivity contribution in [3.8, 4) is 5.75 Å². The number of carboxylic acid groups (broad SMARTS) is 1. The van der Waals surface area contributed by atoms with Crippen molar-refractivity contribution < 1.29 is 29.0 Å². The van der Waals surface area contributed by atoms with Crippen molar-refractivity contribution in [1.29, 1.82) is 0 Å². The Hall–Kier alpha value is -2.45. The van der Waals surface area contributed by atoms with Crippen molar-refractivity contribution in [2.75, 3.05) is 13.7 Å². The van der Waals surface area contributed by atoms with Gasteiger partial charge in [-0.1, -0.05) is 12.1 Å². The Labute approximate surface area is 139 Å². The second-order valence-corrected chi connectivity index (χ2v) is 5.27. The van der Waals surface area contributed by atoms with E-state index < -0.39 is 29.9 Å². The fraction of sp³-hybridized carbons (Fsp3) is 0.438. The molecule has 1 aromatic rings. The third kappa shape index (κ3) is 6.35. The molecule has 24 heavy (non-hydrogen) atoms. The summed E-state index contributed by atoms with van der Waals surface area (Å²) in [6.45, 7) is 0.239. The van der Waals surface area contributed by atoms with Gasteiger partial charge in [-0.15, -0.1) is 0 Å². The van der Waals surface area contributed by atoms with Crippen LogP contribution in [-0.2, 0) is 25.5 Å². The molecule has 0 fully saturated rings. The molecule has 0 amide bonds. The lowest BCUT2D eigenvalue weighted by Gasteiger charge is -2.14. The van der Waals surface area contributed by atoms with E-state index in [9.17, 15) is 14.4 Å². The summed E-state index contributed by atoms with van der Waals surface area (Å²) >= 11 is 0. The van der Waals surface area contributed by atoms with Gasteiger partial charge in [0, 0.05) is 0 Å². The highest BCUT2D eigenvalue weighted by Gasteiger charge is 2.23. The molecule has 0 heterocycles. The van der Waals surface area contributed by atoms with Crippen LogP contribution in [0.3, 0.4) is 0 Å². The summed E-state index contributed by atoms with van der Waals surface area (Å²) in [5.41, 5.74) is 11.6. The molecule has 5 N–H and O–H groups in total. The molecule has 1 unspecified atom stereocenters. The van der Waals surface area contributed by atoms with E-state index in [1.807, 2.05) is 0 Å². The number of ether oxygens (including phenoxy) is 2. The van der Waals surface area contributed by atoms with Gasteiger partial charge in [0.15, 0.2) is 0 Å². The second-order valence-electron chi connectivity index (χ2n) is 5.27. The van der Waals surface area contributed by atoms with Gasteiger partial charge in [-0.2, -0.15) is 0 Å². The number of hydrogen-bond acceptors (Lipinski definition) is 7. The predicted molar refractivity (Wildman–Crippen MR) is 85.2 cm³/mol. The molecule has 0 aliphatic heterocycles. The highest BCUT2D eigenvalue weighted by atomic mass is 16.5. The van der Waals surface area contributed by atoms with Crippen LogP contribution in [0.2, 0.25) is 0 Å². The van der Waals surface area contributed by atoms with Crippen molar-refractivity contribution in [1.82, 2.24) is 0 Å². The SMILES string of the molecule is COC(=O)CC(CCN)C(=O)Oc1ccc(C[C@H](N)C(=O)O)cc1. The fourth-order valence-corrected chi connectivity index (χ4v) is 2.02. The summed E-state index contributed by atoms with van der Waals surface area (Å²) < 4.78 is 9.78. The smallest absolute Gasteiger partial charge is 0.320 e. The van der Waals surface area contributed by atoms with Crippen LogP contribution in [-0.4, -0.2) is 42.7 Å². The number of carbonyl (C=O) groups excluding carboxylic acids is 2. The van der Waals surface area contributed by atoms with Crippen LogP contribution in [0.15, 0.2) is 24.3 Å². The van der Waals surface area contributed by atoms with Gasteiger partial charge < -0.3 is 26.0 Å². The normalized spacial score (nSPS) is 13.0. The zero-order chi connectivity index (χ0) is 18.1. The lowest BCUT2D eigenvalue weighted by molar-refractivity contribution is -0.148. The number of hydrogen-bond donors (Lipinski definition) is 3. The average Bonchev–Trinajstić information content (AvgIpc) is 2.55. The van der Waals surface area contributed by atoms with E-state index in [2.05, 4.69) is 4.74 Å². The molecule has 132 valence electrons. The van der Waals surface area contributed by atoms with Gasteiger partial charge in [0.1, 0.15) is 11.8 Å².